The highest BCUT2D eigenvalue weighted by atomic mass is 19.1. The number of hydrogen-bond donors (Lipinski definition) is 4. The van der Waals surface area contributed by atoms with Crippen LogP contribution in [0.25, 0.3) is 56.0 Å². The Bertz CT molecular complexity index is 1870. The van der Waals surface area contributed by atoms with E-state index in [0.29, 0.717) is 28.6 Å². The molecule has 1 aromatic carbocycles. The number of benzene rings is 1. The molecule has 10 heteroatoms. The molecular formula is C31H28FN9. The lowest BCUT2D eigenvalue weighted by Crippen LogP contribution is -2.28. The van der Waals surface area contributed by atoms with Gasteiger partial charge in [-0.1, -0.05) is 6.58 Å². The minimum absolute atomic E-state index is 0.297. The number of aromatic nitrogens is 7. The molecule has 0 radical (unpaired) electrons. The molecule has 0 spiro atoms. The molecule has 5 aromatic heterocycles. The average Bonchev–Trinajstić information content (AvgIpc) is 3.62. The molecule has 0 amide bonds. The van der Waals surface area contributed by atoms with Gasteiger partial charge in [0.1, 0.15) is 17.0 Å². The van der Waals surface area contributed by atoms with Crippen LogP contribution in [-0.2, 0) is 0 Å². The number of nitrogens with one attached hydrogen (secondary N) is 4. The van der Waals surface area contributed by atoms with Gasteiger partial charge in [0.05, 0.1) is 40.5 Å². The zero-order valence-electron chi connectivity index (χ0n) is 22.3. The summed E-state index contributed by atoms with van der Waals surface area (Å²) in [6.45, 7) is 6.39. The molecule has 0 atom stereocenters. The molecule has 7 rings (SSSR count). The molecule has 0 saturated carbocycles. The van der Waals surface area contributed by atoms with Gasteiger partial charge in [-0.25, -0.2) is 9.37 Å². The Balaban J connectivity index is 1.19. The standard InChI is InChI=1S/C31H28FN9/c1-18(12-19-6-9-33-10-7-19)37-23-13-21(15-34-16-23)26-14-24-27(17-36-26)40-41-29(24)31-38-25-8-11-35-28(30(25)39-31)20-2-4-22(32)5-3-20/h2-5,8,11,13-17,19,33,37H,1,6-7,9-10,12H2,(H,38,39)(H,40,41). The largest absolute Gasteiger partial charge is 0.358 e. The fourth-order valence-corrected chi connectivity index (χ4v) is 5.46. The van der Waals surface area contributed by atoms with Crippen molar-refractivity contribution < 1.29 is 4.39 Å². The summed E-state index contributed by atoms with van der Waals surface area (Å²) in [4.78, 5) is 21.9. The van der Waals surface area contributed by atoms with Crippen molar-refractivity contribution in [2.75, 3.05) is 18.4 Å². The van der Waals surface area contributed by atoms with Gasteiger partial charge in [0.25, 0.3) is 0 Å². The van der Waals surface area contributed by atoms with Crippen molar-refractivity contribution in [1.82, 2.24) is 40.4 Å². The molecule has 1 aliphatic heterocycles. The average molecular weight is 546 g/mol. The maximum absolute atomic E-state index is 13.5. The molecule has 9 nitrogen and oxygen atoms in total. The van der Waals surface area contributed by atoms with Crippen LogP contribution in [0.1, 0.15) is 19.3 Å². The monoisotopic (exact) mass is 545 g/mol. The molecule has 0 unspecified atom stereocenters. The van der Waals surface area contributed by atoms with Crippen molar-refractivity contribution in [2.24, 2.45) is 5.92 Å². The van der Waals surface area contributed by atoms with Gasteiger partial charge in [-0.2, -0.15) is 5.10 Å². The Morgan fingerprint density at radius 1 is 0.951 bits per heavy atom. The Morgan fingerprint density at radius 3 is 2.66 bits per heavy atom. The Hall–Kier alpha value is -4.96. The number of allylic oxidation sites excluding steroid dienone is 1. The second-order valence-electron chi connectivity index (χ2n) is 10.4. The van der Waals surface area contributed by atoms with Crippen molar-refractivity contribution in [1.29, 1.82) is 0 Å². The molecule has 1 aliphatic rings. The maximum Gasteiger partial charge on any atom is 0.159 e. The molecule has 0 aliphatic carbocycles. The van der Waals surface area contributed by atoms with Gasteiger partial charge in [0.2, 0.25) is 0 Å². The summed E-state index contributed by atoms with van der Waals surface area (Å²) in [5.74, 6) is 0.953. The molecule has 0 bridgehead atoms. The smallest absolute Gasteiger partial charge is 0.159 e. The topological polar surface area (TPSA) is 120 Å². The summed E-state index contributed by atoms with van der Waals surface area (Å²) in [6, 6.07) is 12.1. The minimum Gasteiger partial charge on any atom is -0.358 e. The molecule has 204 valence electrons. The first kappa shape index (κ1) is 25.0. The summed E-state index contributed by atoms with van der Waals surface area (Å²) >= 11 is 0. The lowest BCUT2D eigenvalue weighted by molar-refractivity contribution is 0.373. The lowest BCUT2D eigenvalue weighted by atomic mass is 9.93. The van der Waals surface area contributed by atoms with E-state index in [1.807, 2.05) is 18.2 Å². The molecule has 6 heterocycles. The van der Waals surface area contributed by atoms with Gasteiger partial charge in [-0.3, -0.25) is 20.1 Å². The predicted molar refractivity (Wildman–Crippen MR) is 158 cm³/mol. The Morgan fingerprint density at radius 2 is 1.80 bits per heavy atom. The van der Waals surface area contributed by atoms with Crippen molar-refractivity contribution in [3.8, 4) is 34.0 Å². The first-order valence-corrected chi connectivity index (χ1v) is 13.7. The number of pyridine rings is 3. The van der Waals surface area contributed by atoms with E-state index in [9.17, 15) is 4.39 Å². The summed E-state index contributed by atoms with van der Waals surface area (Å²) < 4.78 is 13.5. The third-order valence-corrected chi connectivity index (χ3v) is 7.54. The van der Waals surface area contributed by atoms with Crippen LogP contribution in [0.15, 0.2) is 79.5 Å². The molecule has 1 fully saturated rings. The first-order valence-electron chi connectivity index (χ1n) is 13.7. The van der Waals surface area contributed by atoms with E-state index in [0.717, 1.165) is 64.1 Å². The van der Waals surface area contributed by atoms with E-state index in [1.165, 1.54) is 25.0 Å². The van der Waals surface area contributed by atoms with E-state index in [1.54, 1.807) is 36.9 Å². The second-order valence-corrected chi connectivity index (χ2v) is 10.4. The summed E-state index contributed by atoms with van der Waals surface area (Å²) in [5, 5.41) is 15.3. The highest BCUT2D eigenvalue weighted by molar-refractivity contribution is 5.96. The van der Waals surface area contributed by atoms with Crippen LogP contribution in [0.2, 0.25) is 0 Å². The number of anilines is 1. The lowest BCUT2D eigenvalue weighted by Gasteiger charge is -2.23. The van der Waals surface area contributed by atoms with E-state index in [4.69, 9.17) is 4.98 Å². The number of fused-ring (bicyclic) bond motifs is 2. The summed E-state index contributed by atoms with van der Waals surface area (Å²) in [5.41, 5.74) is 7.94. The van der Waals surface area contributed by atoms with Gasteiger partial charge >= 0.3 is 0 Å². The first-order chi connectivity index (χ1) is 20.1. The van der Waals surface area contributed by atoms with Crippen LogP contribution in [0, 0.1) is 11.7 Å². The number of piperidine rings is 1. The predicted octanol–water partition coefficient (Wildman–Crippen LogP) is 6.08. The van der Waals surface area contributed by atoms with Crippen molar-refractivity contribution in [3.05, 3.63) is 85.3 Å². The number of hydrogen-bond acceptors (Lipinski definition) is 7. The SMILES string of the molecule is C=C(CC1CCNCC1)Nc1cncc(-c2cc3c(-c4nc5c(-c6ccc(F)cc6)nccc5[nH]4)n[nH]c3cn2)c1. The Labute approximate surface area is 235 Å². The van der Waals surface area contributed by atoms with Gasteiger partial charge in [-0.05, 0) is 80.7 Å². The van der Waals surface area contributed by atoms with Crippen molar-refractivity contribution in [2.45, 2.75) is 19.3 Å². The molecule has 4 N–H and O–H groups in total. The number of aromatic amines is 2. The third kappa shape index (κ3) is 5.05. The maximum atomic E-state index is 13.5. The van der Waals surface area contributed by atoms with Gasteiger partial charge in [0.15, 0.2) is 5.82 Å². The van der Waals surface area contributed by atoms with Gasteiger partial charge < -0.3 is 15.6 Å². The minimum atomic E-state index is -0.297. The second kappa shape index (κ2) is 10.5. The zero-order chi connectivity index (χ0) is 27.8. The number of nitrogens with zero attached hydrogens (tertiary/aromatic N) is 5. The molecule has 1 saturated heterocycles. The van der Waals surface area contributed by atoms with E-state index in [2.05, 4.69) is 47.3 Å². The van der Waals surface area contributed by atoms with Crippen molar-refractivity contribution >= 4 is 27.6 Å². The quantitative estimate of drug-likeness (QED) is 0.192. The normalized spacial score (nSPS) is 14.1. The van der Waals surface area contributed by atoms with Crippen molar-refractivity contribution in [3.63, 3.8) is 0 Å². The van der Waals surface area contributed by atoms with Crippen LogP contribution in [0.5, 0.6) is 0 Å². The summed E-state index contributed by atoms with van der Waals surface area (Å²) in [7, 11) is 0. The van der Waals surface area contributed by atoms with Crippen LogP contribution in [0.4, 0.5) is 10.1 Å². The highest BCUT2D eigenvalue weighted by Crippen LogP contribution is 2.32. The Kier molecular flexibility index (Phi) is 6.44. The molecular weight excluding hydrogens is 517 g/mol. The summed E-state index contributed by atoms with van der Waals surface area (Å²) in [6.07, 6.45) is 10.4. The van der Waals surface area contributed by atoms with Gasteiger partial charge in [0, 0.05) is 34.6 Å². The fraction of sp³-hybridized carbons (Fsp3) is 0.194. The molecule has 6 aromatic rings. The highest BCUT2D eigenvalue weighted by Gasteiger charge is 2.18. The zero-order valence-corrected chi connectivity index (χ0v) is 22.3. The van der Waals surface area contributed by atoms with E-state index in [-0.39, 0.29) is 5.82 Å². The van der Waals surface area contributed by atoms with Crippen LogP contribution >= 0.6 is 0 Å². The van der Waals surface area contributed by atoms with Crippen LogP contribution < -0.4 is 10.6 Å². The number of rotatable bonds is 7. The van der Waals surface area contributed by atoms with Gasteiger partial charge in [-0.15, -0.1) is 0 Å². The van der Waals surface area contributed by atoms with E-state index >= 15 is 0 Å². The number of halogens is 1. The number of imidazole rings is 1. The number of H-pyrrole nitrogens is 2. The molecule has 41 heavy (non-hydrogen) atoms. The third-order valence-electron chi connectivity index (χ3n) is 7.54. The van der Waals surface area contributed by atoms with Crippen LogP contribution in [-0.4, -0.2) is 48.2 Å². The fourth-order valence-electron chi connectivity index (χ4n) is 5.46. The van der Waals surface area contributed by atoms with E-state index < -0.39 is 0 Å². The van der Waals surface area contributed by atoms with Crippen LogP contribution in [0.3, 0.4) is 0 Å².